The zero-order valence-corrected chi connectivity index (χ0v) is 9.92. The lowest BCUT2D eigenvalue weighted by Gasteiger charge is -2.18. The van der Waals surface area contributed by atoms with E-state index in [0.29, 0.717) is 12.8 Å². The second kappa shape index (κ2) is 3.77. The van der Waals surface area contributed by atoms with Crippen LogP contribution in [0.5, 0.6) is 0 Å². The van der Waals surface area contributed by atoms with Crippen LogP contribution in [0.2, 0.25) is 5.02 Å². The number of hydrogen-bond donors (Lipinski definition) is 2. The zero-order valence-electron chi connectivity index (χ0n) is 9.16. The predicted octanol–water partition coefficient (Wildman–Crippen LogP) is 3.01. The smallest absolute Gasteiger partial charge is 0.306 e. The minimum Gasteiger partial charge on any atom is -0.481 e. The fraction of sp³-hybridized carbons (Fsp3) is 0.308. The second-order valence-corrected chi connectivity index (χ2v) is 4.99. The SMILES string of the molecule is O=C(O)[C@H]1CCc2c([nH]c3ccc(Cl)cc23)C1. The number of benzene rings is 1. The maximum atomic E-state index is 11.0. The number of aryl methyl sites for hydroxylation is 1. The average Bonchev–Trinajstić information content (AvgIpc) is 2.66. The molecule has 0 amide bonds. The van der Waals surface area contributed by atoms with Crippen molar-refractivity contribution in [1.29, 1.82) is 0 Å². The predicted molar refractivity (Wildman–Crippen MR) is 66.5 cm³/mol. The Morgan fingerprint density at radius 2 is 2.29 bits per heavy atom. The lowest BCUT2D eigenvalue weighted by molar-refractivity contribution is -0.142. The van der Waals surface area contributed by atoms with Gasteiger partial charge in [-0.2, -0.15) is 0 Å². The molecule has 0 bridgehead atoms. The molecule has 0 saturated carbocycles. The minimum absolute atomic E-state index is 0.258. The Morgan fingerprint density at radius 1 is 1.47 bits per heavy atom. The standard InChI is InChI=1S/C13H12ClNO2/c14-8-2-4-11-10(6-8)9-3-1-7(13(16)17)5-12(9)15-11/h2,4,6-7,15H,1,3,5H2,(H,16,17)/t7-/m0/s1. The highest BCUT2D eigenvalue weighted by Crippen LogP contribution is 2.32. The van der Waals surface area contributed by atoms with E-state index in [0.717, 1.165) is 28.0 Å². The zero-order chi connectivity index (χ0) is 12.0. The van der Waals surface area contributed by atoms with Crippen LogP contribution >= 0.6 is 11.6 Å². The first-order valence-electron chi connectivity index (χ1n) is 5.67. The van der Waals surface area contributed by atoms with Gasteiger partial charge in [0.2, 0.25) is 0 Å². The molecule has 0 fully saturated rings. The van der Waals surface area contributed by atoms with Crippen molar-refractivity contribution in [1.82, 2.24) is 4.98 Å². The Balaban J connectivity index is 2.10. The van der Waals surface area contributed by atoms with E-state index in [1.807, 2.05) is 18.2 Å². The molecule has 88 valence electrons. The van der Waals surface area contributed by atoms with E-state index in [9.17, 15) is 4.79 Å². The van der Waals surface area contributed by atoms with Gasteiger partial charge in [0.25, 0.3) is 0 Å². The third kappa shape index (κ3) is 1.71. The van der Waals surface area contributed by atoms with Gasteiger partial charge in [0.15, 0.2) is 0 Å². The van der Waals surface area contributed by atoms with Crippen molar-refractivity contribution in [3.8, 4) is 0 Å². The van der Waals surface area contributed by atoms with Gasteiger partial charge < -0.3 is 10.1 Å². The van der Waals surface area contributed by atoms with Crippen LogP contribution in [-0.2, 0) is 17.6 Å². The van der Waals surface area contributed by atoms with Gasteiger partial charge in [-0.1, -0.05) is 11.6 Å². The van der Waals surface area contributed by atoms with Crippen molar-refractivity contribution in [3.63, 3.8) is 0 Å². The summed E-state index contributed by atoms with van der Waals surface area (Å²) in [5, 5.41) is 10.9. The first kappa shape index (κ1) is 10.7. The molecule has 1 heterocycles. The van der Waals surface area contributed by atoms with Gasteiger partial charge in [-0.05, 0) is 36.6 Å². The number of carbonyl (C=O) groups is 1. The summed E-state index contributed by atoms with van der Waals surface area (Å²) in [7, 11) is 0. The van der Waals surface area contributed by atoms with E-state index in [4.69, 9.17) is 16.7 Å². The van der Waals surface area contributed by atoms with Crippen LogP contribution in [0.15, 0.2) is 18.2 Å². The molecule has 0 unspecified atom stereocenters. The molecule has 17 heavy (non-hydrogen) atoms. The molecule has 3 rings (SSSR count). The van der Waals surface area contributed by atoms with E-state index >= 15 is 0 Å². The largest absolute Gasteiger partial charge is 0.481 e. The number of rotatable bonds is 1. The first-order valence-corrected chi connectivity index (χ1v) is 6.04. The van der Waals surface area contributed by atoms with Crippen LogP contribution in [-0.4, -0.2) is 16.1 Å². The Morgan fingerprint density at radius 3 is 3.06 bits per heavy atom. The molecule has 2 aromatic rings. The minimum atomic E-state index is -0.702. The fourth-order valence-electron chi connectivity index (χ4n) is 2.61. The van der Waals surface area contributed by atoms with Gasteiger partial charge in [0.05, 0.1) is 5.92 Å². The number of fused-ring (bicyclic) bond motifs is 3. The number of carboxylic acids is 1. The molecule has 2 N–H and O–H groups in total. The number of H-pyrrole nitrogens is 1. The summed E-state index contributed by atoms with van der Waals surface area (Å²) in [6, 6.07) is 5.75. The molecule has 0 spiro atoms. The third-order valence-corrected chi connectivity index (χ3v) is 3.73. The summed E-state index contributed by atoms with van der Waals surface area (Å²) in [6.45, 7) is 0. The molecule has 1 aliphatic carbocycles. The number of aliphatic carboxylic acids is 1. The quantitative estimate of drug-likeness (QED) is 0.816. The topological polar surface area (TPSA) is 53.1 Å². The fourth-order valence-corrected chi connectivity index (χ4v) is 2.79. The first-order chi connectivity index (χ1) is 8.15. The van der Waals surface area contributed by atoms with Crippen LogP contribution in [0.4, 0.5) is 0 Å². The van der Waals surface area contributed by atoms with E-state index in [-0.39, 0.29) is 5.92 Å². The summed E-state index contributed by atoms with van der Waals surface area (Å²) in [4.78, 5) is 14.3. The number of carboxylic acid groups (broad SMARTS) is 1. The summed E-state index contributed by atoms with van der Waals surface area (Å²) >= 11 is 5.99. The molecule has 1 aliphatic rings. The molecule has 1 atom stereocenters. The summed E-state index contributed by atoms with van der Waals surface area (Å²) in [6.07, 6.45) is 2.12. The van der Waals surface area contributed by atoms with Crippen molar-refractivity contribution < 1.29 is 9.90 Å². The van der Waals surface area contributed by atoms with Crippen LogP contribution in [0.1, 0.15) is 17.7 Å². The highest BCUT2D eigenvalue weighted by molar-refractivity contribution is 6.31. The van der Waals surface area contributed by atoms with Crippen molar-refractivity contribution >= 4 is 28.5 Å². The average molecular weight is 250 g/mol. The molecule has 0 radical (unpaired) electrons. The monoisotopic (exact) mass is 249 g/mol. The van der Waals surface area contributed by atoms with Crippen molar-refractivity contribution in [3.05, 3.63) is 34.5 Å². The van der Waals surface area contributed by atoms with Crippen LogP contribution in [0, 0.1) is 5.92 Å². The highest BCUT2D eigenvalue weighted by atomic mass is 35.5. The molecule has 4 heteroatoms. The summed E-state index contributed by atoms with van der Waals surface area (Å²) in [5.74, 6) is -0.960. The molecule has 1 aromatic carbocycles. The second-order valence-electron chi connectivity index (χ2n) is 4.55. The van der Waals surface area contributed by atoms with Crippen molar-refractivity contribution in [2.45, 2.75) is 19.3 Å². The molecule has 3 nitrogen and oxygen atoms in total. The lowest BCUT2D eigenvalue weighted by Crippen LogP contribution is -2.21. The summed E-state index contributed by atoms with van der Waals surface area (Å²) in [5.41, 5.74) is 3.34. The van der Waals surface area contributed by atoms with E-state index in [1.54, 1.807) is 0 Å². The van der Waals surface area contributed by atoms with Gasteiger partial charge in [-0.3, -0.25) is 4.79 Å². The third-order valence-electron chi connectivity index (χ3n) is 3.50. The maximum Gasteiger partial charge on any atom is 0.306 e. The number of nitrogens with one attached hydrogen (secondary N) is 1. The maximum absolute atomic E-state index is 11.0. The molecule has 0 aliphatic heterocycles. The Bertz CT molecular complexity index is 603. The van der Waals surface area contributed by atoms with Crippen molar-refractivity contribution in [2.75, 3.05) is 0 Å². The number of aromatic amines is 1. The van der Waals surface area contributed by atoms with Crippen molar-refractivity contribution in [2.24, 2.45) is 5.92 Å². The van der Waals surface area contributed by atoms with Gasteiger partial charge in [0.1, 0.15) is 0 Å². The van der Waals surface area contributed by atoms with Gasteiger partial charge in [-0.25, -0.2) is 0 Å². The molecular formula is C13H12ClNO2. The molecule has 0 saturated heterocycles. The molecular weight excluding hydrogens is 238 g/mol. The lowest BCUT2D eigenvalue weighted by atomic mass is 9.87. The van der Waals surface area contributed by atoms with Crippen LogP contribution < -0.4 is 0 Å². The summed E-state index contributed by atoms with van der Waals surface area (Å²) < 4.78 is 0. The Hall–Kier alpha value is -1.48. The Labute approximate surface area is 103 Å². The van der Waals surface area contributed by atoms with Gasteiger partial charge >= 0.3 is 5.97 Å². The van der Waals surface area contributed by atoms with E-state index in [1.165, 1.54) is 5.56 Å². The molecule has 1 aromatic heterocycles. The van der Waals surface area contributed by atoms with Gasteiger partial charge in [-0.15, -0.1) is 0 Å². The van der Waals surface area contributed by atoms with Gasteiger partial charge in [0, 0.05) is 28.0 Å². The van der Waals surface area contributed by atoms with E-state index < -0.39 is 5.97 Å². The van der Waals surface area contributed by atoms with Crippen LogP contribution in [0.25, 0.3) is 10.9 Å². The van der Waals surface area contributed by atoms with Crippen LogP contribution in [0.3, 0.4) is 0 Å². The Kier molecular flexibility index (Phi) is 2.37. The number of halogens is 1. The highest BCUT2D eigenvalue weighted by Gasteiger charge is 2.26. The van der Waals surface area contributed by atoms with E-state index in [2.05, 4.69) is 4.98 Å². The normalized spacial score (nSPS) is 19.2. The number of hydrogen-bond acceptors (Lipinski definition) is 1. The number of aromatic nitrogens is 1.